The second-order valence-electron chi connectivity index (χ2n) is 4.59. The van der Waals surface area contributed by atoms with E-state index in [0.29, 0.717) is 0 Å². The average molecular weight is 312 g/mol. The number of benzene rings is 2. The van der Waals surface area contributed by atoms with E-state index in [1.807, 2.05) is 0 Å². The monoisotopic (exact) mass is 310 g/mol. The fourth-order valence-corrected chi connectivity index (χ4v) is 2.66. The topological polar surface area (TPSA) is 0 Å². The molecule has 0 unspecified atom stereocenters. The zero-order valence-electron chi connectivity index (χ0n) is 10.6. The van der Waals surface area contributed by atoms with Gasteiger partial charge in [0.1, 0.15) is 0 Å². The summed E-state index contributed by atoms with van der Waals surface area (Å²) in [5.74, 6) is 1.57. The number of hydrogen-bond acceptors (Lipinski definition) is 0. The molecule has 0 atom stereocenters. The summed E-state index contributed by atoms with van der Waals surface area (Å²) in [4.78, 5) is 0. The number of halogens is 1. The van der Waals surface area contributed by atoms with Crippen LogP contribution in [0.2, 0.25) is 0 Å². The number of rotatable bonds is 2. The average Bonchev–Trinajstić information content (AvgIpc) is 3.05. The van der Waals surface area contributed by atoms with E-state index in [0.717, 1.165) is 0 Å². The maximum Gasteiger partial charge on any atom is 2.00 e. The van der Waals surface area contributed by atoms with Gasteiger partial charge in [0.25, 0.3) is 0 Å². The summed E-state index contributed by atoms with van der Waals surface area (Å²) in [6.45, 7) is 2.26. The molecule has 18 heavy (non-hydrogen) atoms. The second-order valence-corrected chi connectivity index (χ2v) is 4.59. The molecule has 0 saturated heterocycles. The van der Waals surface area contributed by atoms with E-state index in [9.17, 15) is 0 Å². The van der Waals surface area contributed by atoms with Crippen molar-refractivity contribution in [2.75, 3.05) is 0 Å². The maximum absolute atomic E-state index is 2.26. The summed E-state index contributed by atoms with van der Waals surface area (Å²) in [6.07, 6.45) is 1.20. The molecule has 88 valence electrons. The molecule has 0 spiro atoms. The summed E-state index contributed by atoms with van der Waals surface area (Å²) in [6, 6.07) is 21.6. The molecule has 1 fully saturated rings. The first-order chi connectivity index (χ1) is 7.84. The third-order valence-corrected chi connectivity index (χ3v) is 3.67. The first-order valence-corrected chi connectivity index (χ1v) is 5.78. The molecule has 0 amide bonds. The molecule has 0 aliphatic heterocycles. The van der Waals surface area contributed by atoms with Crippen molar-refractivity contribution in [3.05, 3.63) is 77.7 Å². The van der Waals surface area contributed by atoms with E-state index in [-0.39, 0.29) is 45.4 Å². The molecule has 2 aromatic carbocycles. The first-order valence-electron chi connectivity index (χ1n) is 5.78. The van der Waals surface area contributed by atoms with Crippen LogP contribution < -0.4 is 17.0 Å². The molecular weight excluding hydrogens is 296 g/mol. The van der Waals surface area contributed by atoms with Gasteiger partial charge in [-0.25, -0.2) is 0 Å². The minimum absolute atomic E-state index is 0. The van der Waals surface area contributed by atoms with Gasteiger partial charge in [-0.1, -0.05) is 71.8 Å². The van der Waals surface area contributed by atoms with Crippen molar-refractivity contribution >= 4 is 23.1 Å². The van der Waals surface area contributed by atoms with Crippen molar-refractivity contribution in [1.82, 2.24) is 0 Å². The van der Waals surface area contributed by atoms with Crippen molar-refractivity contribution in [2.45, 2.75) is 18.8 Å². The minimum Gasteiger partial charge on any atom is -1.00 e. The molecule has 0 nitrogen and oxygen atoms in total. The van der Waals surface area contributed by atoms with E-state index in [1.165, 1.54) is 17.5 Å². The van der Waals surface area contributed by atoms with Crippen LogP contribution in [-0.2, 0) is 5.41 Å². The smallest absolute Gasteiger partial charge is 1.00 e. The molecule has 2 aromatic rings. The van der Waals surface area contributed by atoms with Crippen LogP contribution in [0.1, 0.15) is 24.5 Å². The minimum atomic E-state index is 0. The van der Waals surface area contributed by atoms with Gasteiger partial charge in [-0.05, 0) is 0 Å². The molecule has 1 saturated carbocycles. The van der Waals surface area contributed by atoms with E-state index in [1.54, 1.807) is 5.92 Å². The summed E-state index contributed by atoms with van der Waals surface area (Å²) in [5, 5.41) is 0. The molecule has 1 aliphatic rings. The Bertz CT molecular complexity index is 441. The van der Waals surface area contributed by atoms with Crippen LogP contribution in [0.15, 0.2) is 60.7 Å². The quantitative estimate of drug-likeness (QED) is 0.563. The van der Waals surface area contributed by atoms with Crippen molar-refractivity contribution in [2.24, 2.45) is 0 Å². The predicted molar refractivity (Wildman–Crippen MR) is 73.0 cm³/mol. The second kappa shape index (κ2) is 6.22. The molecular formula is C16H15BrMg. The standard InChI is InChI=1S/C16H15.BrH.Mg/c1-13-12-16(13,14-8-4-2-5-9-14)15-10-6-3-7-11-15;;/h2-11H,12H2,1H3;1H;/q-1;;+2/p-1. The van der Waals surface area contributed by atoms with E-state index in [4.69, 9.17) is 0 Å². The van der Waals surface area contributed by atoms with Crippen LogP contribution >= 0.6 is 0 Å². The van der Waals surface area contributed by atoms with E-state index >= 15 is 0 Å². The zero-order valence-corrected chi connectivity index (χ0v) is 13.6. The predicted octanol–water partition coefficient (Wildman–Crippen LogP) is 0.594. The van der Waals surface area contributed by atoms with Gasteiger partial charge in [0.05, 0.1) is 0 Å². The third kappa shape index (κ3) is 2.51. The molecule has 0 radical (unpaired) electrons. The van der Waals surface area contributed by atoms with Gasteiger partial charge in [0.2, 0.25) is 0 Å². The van der Waals surface area contributed by atoms with Gasteiger partial charge in [-0.3, -0.25) is 0 Å². The SMILES string of the molecule is C[C-]1CC1(c1ccccc1)c1ccccc1.[Br-].[Mg+2]. The van der Waals surface area contributed by atoms with Crippen LogP contribution in [0, 0.1) is 5.92 Å². The zero-order chi connectivity index (χ0) is 11.0. The Morgan fingerprint density at radius 2 is 1.17 bits per heavy atom. The van der Waals surface area contributed by atoms with Gasteiger partial charge in [0, 0.05) is 0 Å². The van der Waals surface area contributed by atoms with E-state index in [2.05, 4.69) is 67.6 Å². The van der Waals surface area contributed by atoms with E-state index < -0.39 is 0 Å². The maximum atomic E-state index is 2.26. The Morgan fingerprint density at radius 1 is 0.833 bits per heavy atom. The Kier molecular flexibility index (Phi) is 5.44. The summed E-state index contributed by atoms with van der Waals surface area (Å²) >= 11 is 0. The van der Waals surface area contributed by atoms with Crippen molar-refractivity contribution in [1.29, 1.82) is 0 Å². The van der Waals surface area contributed by atoms with Crippen LogP contribution in [0.25, 0.3) is 0 Å². The molecule has 0 N–H and O–H groups in total. The van der Waals surface area contributed by atoms with Gasteiger partial charge in [-0.15, -0.1) is 5.41 Å². The Morgan fingerprint density at radius 3 is 1.44 bits per heavy atom. The first kappa shape index (κ1) is 15.7. The summed E-state index contributed by atoms with van der Waals surface area (Å²) in [5.41, 5.74) is 3.07. The van der Waals surface area contributed by atoms with Gasteiger partial charge < -0.3 is 22.9 Å². The molecule has 0 bridgehead atoms. The summed E-state index contributed by atoms with van der Waals surface area (Å²) in [7, 11) is 0. The van der Waals surface area contributed by atoms with Gasteiger partial charge in [-0.2, -0.15) is 13.3 Å². The Hall–Kier alpha value is -0.314. The summed E-state index contributed by atoms with van der Waals surface area (Å²) < 4.78 is 0. The fraction of sp³-hybridized carbons (Fsp3) is 0.188. The van der Waals surface area contributed by atoms with Crippen LogP contribution in [-0.4, -0.2) is 23.1 Å². The van der Waals surface area contributed by atoms with Gasteiger partial charge >= 0.3 is 23.1 Å². The van der Waals surface area contributed by atoms with Crippen molar-refractivity contribution < 1.29 is 17.0 Å². The van der Waals surface area contributed by atoms with Gasteiger partial charge in [0.15, 0.2) is 0 Å². The molecule has 0 heterocycles. The van der Waals surface area contributed by atoms with Crippen molar-refractivity contribution in [3.8, 4) is 0 Å². The molecule has 1 aliphatic carbocycles. The normalized spacial score (nSPS) is 16.3. The molecule has 0 aromatic heterocycles. The van der Waals surface area contributed by atoms with Crippen molar-refractivity contribution in [3.63, 3.8) is 0 Å². The fourth-order valence-electron chi connectivity index (χ4n) is 2.66. The largest absolute Gasteiger partial charge is 2.00 e. The molecule has 3 rings (SSSR count). The third-order valence-electron chi connectivity index (χ3n) is 3.67. The van der Waals surface area contributed by atoms with Crippen LogP contribution in [0.4, 0.5) is 0 Å². The Balaban J connectivity index is 0.000000810. The Labute approximate surface area is 136 Å². The molecule has 2 heteroatoms. The van der Waals surface area contributed by atoms with Crippen LogP contribution in [0.3, 0.4) is 0 Å². The van der Waals surface area contributed by atoms with Crippen LogP contribution in [0.5, 0.6) is 0 Å². The number of hydrogen-bond donors (Lipinski definition) is 0.